The van der Waals surface area contributed by atoms with Gasteiger partial charge in [-0.3, -0.25) is 9.59 Å². The van der Waals surface area contributed by atoms with Crippen LogP contribution in [0.1, 0.15) is 28.1 Å². The highest BCUT2D eigenvalue weighted by Gasteiger charge is 2.11. The van der Waals surface area contributed by atoms with Crippen molar-refractivity contribution in [1.82, 2.24) is 9.99 Å². The van der Waals surface area contributed by atoms with E-state index in [0.29, 0.717) is 0 Å². The van der Waals surface area contributed by atoms with E-state index in [1.54, 1.807) is 0 Å². The zero-order valence-corrected chi connectivity index (χ0v) is 13.7. The van der Waals surface area contributed by atoms with Crippen molar-refractivity contribution in [1.29, 1.82) is 0 Å². The Kier molecular flexibility index (Phi) is 4.64. The summed E-state index contributed by atoms with van der Waals surface area (Å²) in [6.07, 6.45) is 1.50. The van der Waals surface area contributed by atoms with Gasteiger partial charge in [0.1, 0.15) is 0 Å². The van der Waals surface area contributed by atoms with Gasteiger partial charge in [0.2, 0.25) is 0 Å². The molecule has 0 aliphatic rings. The highest BCUT2D eigenvalue weighted by molar-refractivity contribution is 6.34. The van der Waals surface area contributed by atoms with E-state index in [1.807, 2.05) is 19.9 Å². The number of hydrogen-bond acceptors (Lipinski definition) is 3. The molecule has 120 valence electrons. The van der Waals surface area contributed by atoms with Crippen LogP contribution in [0.3, 0.4) is 0 Å². The molecule has 2 amide bonds. The van der Waals surface area contributed by atoms with Crippen molar-refractivity contribution in [2.24, 2.45) is 10.8 Å². The van der Waals surface area contributed by atoms with Crippen molar-refractivity contribution in [3.63, 3.8) is 0 Å². The van der Waals surface area contributed by atoms with Crippen molar-refractivity contribution < 1.29 is 9.59 Å². The summed E-state index contributed by atoms with van der Waals surface area (Å²) in [5.74, 6) is -2.01. The Morgan fingerprint density at radius 2 is 1.83 bits per heavy atom. The average Bonchev–Trinajstić information content (AvgIpc) is 2.76. The predicted octanol–water partition coefficient (Wildman–Crippen LogP) is 1.65. The number of aromatic nitrogens is 1. The smallest absolute Gasteiger partial charge is 0.329 e. The molecule has 0 unspecified atom stereocenters. The zero-order chi connectivity index (χ0) is 17.1. The van der Waals surface area contributed by atoms with Crippen LogP contribution in [0.5, 0.6) is 0 Å². The van der Waals surface area contributed by atoms with Gasteiger partial charge in [-0.05, 0) is 57.0 Å². The summed E-state index contributed by atoms with van der Waals surface area (Å²) >= 11 is 0. The van der Waals surface area contributed by atoms with E-state index in [9.17, 15) is 9.59 Å². The maximum absolute atomic E-state index is 11.1. The molecule has 0 spiro atoms. The second-order valence-corrected chi connectivity index (χ2v) is 5.49. The van der Waals surface area contributed by atoms with Gasteiger partial charge in [0, 0.05) is 22.6 Å². The highest BCUT2D eigenvalue weighted by atomic mass is 16.2. The van der Waals surface area contributed by atoms with Gasteiger partial charge in [0.15, 0.2) is 0 Å². The van der Waals surface area contributed by atoms with Crippen LogP contribution in [0, 0.1) is 27.7 Å². The Hall–Kier alpha value is -2.89. The lowest BCUT2D eigenvalue weighted by atomic mass is 10.1. The minimum Gasteiger partial charge on any atom is -0.361 e. The Bertz CT molecular complexity index is 803. The van der Waals surface area contributed by atoms with Crippen LogP contribution in [-0.4, -0.2) is 22.6 Å². The zero-order valence-electron chi connectivity index (χ0n) is 13.7. The highest BCUT2D eigenvalue weighted by Crippen LogP contribution is 2.21. The molecule has 0 fully saturated rings. The minimum absolute atomic E-state index is 0.852. The Labute approximate surface area is 135 Å². The third kappa shape index (κ3) is 3.48. The Balaban J connectivity index is 2.32. The van der Waals surface area contributed by atoms with Crippen molar-refractivity contribution in [3.05, 3.63) is 52.3 Å². The molecule has 23 heavy (non-hydrogen) atoms. The summed E-state index contributed by atoms with van der Waals surface area (Å²) in [4.78, 5) is 21.7. The van der Waals surface area contributed by atoms with Gasteiger partial charge >= 0.3 is 11.8 Å². The van der Waals surface area contributed by atoms with E-state index in [4.69, 9.17) is 5.73 Å². The molecule has 1 heterocycles. The van der Waals surface area contributed by atoms with E-state index in [2.05, 4.69) is 47.1 Å². The summed E-state index contributed by atoms with van der Waals surface area (Å²) in [5.41, 5.74) is 13.4. The average molecular weight is 312 g/mol. The van der Waals surface area contributed by atoms with Crippen LogP contribution in [0.4, 0.5) is 0 Å². The molecule has 6 nitrogen and oxygen atoms in total. The molecule has 0 bridgehead atoms. The number of nitrogens with two attached hydrogens (primary N) is 1. The van der Waals surface area contributed by atoms with Crippen molar-refractivity contribution in [2.45, 2.75) is 27.7 Å². The number of benzene rings is 1. The number of hydrazone groups is 1. The van der Waals surface area contributed by atoms with Crippen LogP contribution in [0.15, 0.2) is 29.4 Å². The predicted molar refractivity (Wildman–Crippen MR) is 89.6 cm³/mol. The number of hydrogen-bond donors (Lipinski definition) is 2. The number of primary amides is 1. The lowest BCUT2D eigenvalue weighted by molar-refractivity contribution is -0.137. The quantitative estimate of drug-likeness (QED) is 0.512. The van der Waals surface area contributed by atoms with Crippen LogP contribution >= 0.6 is 0 Å². The normalized spacial score (nSPS) is 11.0. The first-order chi connectivity index (χ1) is 10.8. The summed E-state index contributed by atoms with van der Waals surface area (Å²) in [6.45, 7) is 8.13. The Morgan fingerprint density at radius 3 is 2.43 bits per heavy atom. The van der Waals surface area contributed by atoms with Gasteiger partial charge in [0.05, 0.1) is 6.21 Å². The minimum atomic E-state index is -1.07. The molecule has 1 aromatic heterocycles. The molecule has 6 heteroatoms. The Morgan fingerprint density at radius 1 is 1.13 bits per heavy atom. The standard InChI is InChI=1S/C17H20N4O2/c1-10-5-6-15(7-11(10)2)21-12(3)8-14(13(21)4)9-19-20-17(23)16(18)22/h5-9H,1-4H3,(H2,18,22)(H,20,23)/b19-9+. The van der Waals surface area contributed by atoms with Gasteiger partial charge in [0.25, 0.3) is 0 Å². The summed E-state index contributed by atoms with van der Waals surface area (Å²) in [7, 11) is 0. The van der Waals surface area contributed by atoms with Crippen LogP contribution in [0.2, 0.25) is 0 Å². The number of aryl methyl sites for hydroxylation is 3. The number of carbonyl (C=O) groups is 2. The molecule has 1 aromatic carbocycles. The van der Waals surface area contributed by atoms with E-state index in [1.165, 1.54) is 17.3 Å². The monoisotopic (exact) mass is 312 g/mol. The molecule has 0 saturated carbocycles. The number of nitrogens with zero attached hydrogens (tertiary/aromatic N) is 2. The summed E-state index contributed by atoms with van der Waals surface area (Å²) < 4.78 is 2.11. The fourth-order valence-electron chi connectivity index (χ4n) is 2.40. The van der Waals surface area contributed by atoms with Gasteiger partial charge < -0.3 is 10.3 Å². The third-order valence-electron chi connectivity index (χ3n) is 3.81. The molecule has 0 atom stereocenters. The maximum Gasteiger partial charge on any atom is 0.329 e. The lowest BCUT2D eigenvalue weighted by Gasteiger charge is -2.11. The maximum atomic E-state index is 11.1. The van der Waals surface area contributed by atoms with Crippen LogP contribution in [-0.2, 0) is 9.59 Å². The van der Waals surface area contributed by atoms with Gasteiger partial charge in [-0.25, -0.2) is 5.43 Å². The van der Waals surface area contributed by atoms with E-state index in [-0.39, 0.29) is 0 Å². The molecular formula is C17H20N4O2. The van der Waals surface area contributed by atoms with Crippen LogP contribution < -0.4 is 11.2 Å². The van der Waals surface area contributed by atoms with Crippen molar-refractivity contribution >= 4 is 18.0 Å². The lowest BCUT2D eigenvalue weighted by Crippen LogP contribution is -2.32. The third-order valence-corrected chi connectivity index (χ3v) is 3.81. The van der Waals surface area contributed by atoms with Crippen molar-refractivity contribution in [3.8, 4) is 5.69 Å². The van der Waals surface area contributed by atoms with E-state index in [0.717, 1.165) is 22.6 Å². The topological polar surface area (TPSA) is 89.5 Å². The van der Waals surface area contributed by atoms with E-state index >= 15 is 0 Å². The van der Waals surface area contributed by atoms with Crippen molar-refractivity contribution in [2.75, 3.05) is 0 Å². The fourth-order valence-corrected chi connectivity index (χ4v) is 2.40. The SMILES string of the molecule is Cc1ccc(-n2c(C)cc(/C=N/NC(=O)C(N)=O)c2C)cc1C. The first-order valence-corrected chi connectivity index (χ1v) is 7.20. The molecule has 0 aliphatic carbocycles. The molecule has 0 radical (unpaired) electrons. The van der Waals surface area contributed by atoms with E-state index < -0.39 is 11.8 Å². The van der Waals surface area contributed by atoms with Gasteiger partial charge in [-0.1, -0.05) is 6.07 Å². The molecule has 3 N–H and O–H groups in total. The fraction of sp³-hybridized carbons (Fsp3) is 0.235. The first-order valence-electron chi connectivity index (χ1n) is 7.20. The van der Waals surface area contributed by atoms with Gasteiger partial charge in [-0.2, -0.15) is 5.10 Å². The molecule has 0 saturated heterocycles. The largest absolute Gasteiger partial charge is 0.361 e. The number of nitrogens with one attached hydrogen (secondary N) is 1. The number of carbonyl (C=O) groups excluding carboxylic acids is 2. The second kappa shape index (κ2) is 6.48. The molecule has 2 aromatic rings. The summed E-state index contributed by atoms with van der Waals surface area (Å²) in [6, 6.07) is 8.25. The summed E-state index contributed by atoms with van der Waals surface area (Å²) in [5, 5.41) is 3.76. The second-order valence-electron chi connectivity index (χ2n) is 5.49. The molecule has 0 aliphatic heterocycles. The first kappa shape index (κ1) is 16.5. The number of amides is 2. The van der Waals surface area contributed by atoms with Crippen LogP contribution in [0.25, 0.3) is 5.69 Å². The van der Waals surface area contributed by atoms with Gasteiger partial charge in [-0.15, -0.1) is 0 Å². The molecule has 2 rings (SSSR count). The number of rotatable bonds is 3. The molecular weight excluding hydrogens is 292 g/mol.